The van der Waals surface area contributed by atoms with Crippen molar-refractivity contribution in [2.75, 3.05) is 6.61 Å². The Bertz CT molecular complexity index is 713. The van der Waals surface area contributed by atoms with Crippen LogP contribution in [0.3, 0.4) is 0 Å². The van der Waals surface area contributed by atoms with Gasteiger partial charge >= 0.3 is 0 Å². The number of ether oxygens (including phenoxy) is 4. The standard InChI is InChI=1S/C18H20O5/c1-18(2)22-14-10-20-17(15(19)16(14)23-18)21-13-8-7-11-5-3-4-6-12(11)9-13/h3-9,14-17,19H,10H2,1-2H3/t14-,15-,16+,17+/m1/s1. The van der Waals surface area contributed by atoms with Crippen molar-refractivity contribution in [3.8, 4) is 5.75 Å². The smallest absolute Gasteiger partial charge is 0.228 e. The Kier molecular flexibility index (Phi) is 3.54. The molecule has 5 heteroatoms. The van der Waals surface area contributed by atoms with Crippen LogP contribution in [0.25, 0.3) is 10.8 Å². The summed E-state index contributed by atoms with van der Waals surface area (Å²) in [5.74, 6) is -0.0540. The molecule has 0 saturated carbocycles. The summed E-state index contributed by atoms with van der Waals surface area (Å²) in [6.45, 7) is 4.00. The van der Waals surface area contributed by atoms with E-state index in [1.807, 2.05) is 56.3 Å². The minimum Gasteiger partial charge on any atom is -0.462 e. The summed E-state index contributed by atoms with van der Waals surface area (Å²) in [5.41, 5.74) is 0. The zero-order chi connectivity index (χ0) is 16.0. The fourth-order valence-corrected chi connectivity index (χ4v) is 3.20. The zero-order valence-corrected chi connectivity index (χ0v) is 13.1. The zero-order valence-electron chi connectivity index (χ0n) is 13.1. The molecule has 4 atom stereocenters. The van der Waals surface area contributed by atoms with Crippen LogP contribution in [-0.2, 0) is 14.2 Å². The van der Waals surface area contributed by atoms with Crippen LogP contribution in [0, 0.1) is 0 Å². The summed E-state index contributed by atoms with van der Waals surface area (Å²) in [6, 6.07) is 13.8. The summed E-state index contributed by atoms with van der Waals surface area (Å²) >= 11 is 0. The van der Waals surface area contributed by atoms with E-state index >= 15 is 0 Å². The van der Waals surface area contributed by atoms with Crippen LogP contribution >= 0.6 is 0 Å². The summed E-state index contributed by atoms with van der Waals surface area (Å²) in [7, 11) is 0. The molecular formula is C18H20O5. The molecule has 2 aliphatic rings. The fraction of sp³-hybridized carbons (Fsp3) is 0.444. The Morgan fingerprint density at radius 1 is 1.09 bits per heavy atom. The summed E-state index contributed by atoms with van der Waals surface area (Å²) < 4.78 is 23.0. The monoisotopic (exact) mass is 316 g/mol. The molecule has 0 unspecified atom stereocenters. The highest BCUT2D eigenvalue weighted by molar-refractivity contribution is 5.83. The number of aliphatic hydroxyl groups excluding tert-OH is 1. The van der Waals surface area contributed by atoms with E-state index in [4.69, 9.17) is 18.9 Å². The van der Waals surface area contributed by atoms with Crippen molar-refractivity contribution in [3.05, 3.63) is 42.5 Å². The van der Waals surface area contributed by atoms with Gasteiger partial charge in [-0.2, -0.15) is 0 Å². The SMILES string of the molecule is CC1(C)O[C@@H]2[C@@H](O)[C@H](Oc3ccc4ccccc4c3)OC[C@H]2O1. The van der Waals surface area contributed by atoms with Crippen molar-refractivity contribution in [1.29, 1.82) is 0 Å². The normalized spacial score (nSPS) is 32.7. The average Bonchev–Trinajstić information content (AvgIpc) is 2.85. The van der Waals surface area contributed by atoms with Crippen LogP contribution in [0.15, 0.2) is 42.5 Å². The fourth-order valence-electron chi connectivity index (χ4n) is 3.20. The van der Waals surface area contributed by atoms with Gasteiger partial charge in [0.05, 0.1) is 6.61 Å². The van der Waals surface area contributed by atoms with Crippen LogP contribution in [0.5, 0.6) is 5.75 Å². The molecule has 2 saturated heterocycles. The molecule has 2 aliphatic heterocycles. The highest BCUT2D eigenvalue weighted by Crippen LogP contribution is 2.35. The van der Waals surface area contributed by atoms with Gasteiger partial charge in [0.1, 0.15) is 24.1 Å². The largest absolute Gasteiger partial charge is 0.462 e. The van der Waals surface area contributed by atoms with Crippen molar-refractivity contribution >= 4 is 10.8 Å². The van der Waals surface area contributed by atoms with E-state index in [0.29, 0.717) is 12.4 Å². The van der Waals surface area contributed by atoms with Gasteiger partial charge in [-0.3, -0.25) is 0 Å². The van der Waals surface area contributed by atoms with Gasteiger partial charge in [0.2, 0.25) is 6.29 Å². The molecule has 0 radical (unpaired) electrons. The molecule has 5 nitrogen and oxygen atoms in total. The van der Waals surface area contributed by atoms with Crippen molar-refractivity contribution in [2.45, 2.75) is 44.2 Å². The molecule has 4 rings (SSSR count). The third kappa shape index (κ3) is 2.81. The van der Waals surface area contributed by atoms with Crippen molar-refractivity contribution in [2.24, 2.45) is 0 Å². The van der Waals surface area contributed by atoms with Crippen LogP contribution in [0.2, 0.25) is 0 Å². The van der Waals surface area contributed by atoms with Gasteiger partial charge in [-0.25, -0.2) is 0 Å². The second-order valence-corrected chi connectivity index (χ2v) is 6.46. The topological polar surface area (TPSA) is 57.2 Å². The molecule has 2 aromatic carbocycles. The van der Waals surface area contributed by atoms with Gasteiger partial charge in [-0.05, 0) is 36.8 Å². The predicted molar refractivity (Wildman–Crippen MR) is 84.1 cm³/mol. The molecule has 0 aliphatic carbocycles. The first kappa shape index (κ1) is 14.9. The van der Waals surface area contributed by atoms with Gasteiger partial charge in [0, 0.05) is 0 Å². The maximum absolute atomic E-state index is 10.5. The third-order valence-corrected chi connectivity index (χ3v) is 4.23. The van der Waals surface area contributed by atoms with Gasteiger partial charge in [0.15, 0.2) is 5.79 Å². The van der Waals surface area contributed by atoms with E-state index in [0.717, 1.165) is 10.8 Å². The molecule has 1 N–H and O–H groups in total. The average molecular weight is 316 g/mol. The van der Waals surface area contributed by atoms with Crippen molar-refractivity contribution in [1.82, 2.24) is 0 Å². The molecule has 2 heterocycles. The summed E-state index contributed by atoms with van der Waals surface area (Å²) in [6.07, 6.45) is -2.38. The highest BCUT2D eigenvalue weighted by atomic mass is 16.8. The lowest BCUT2D eigenvalue weighted by Crippen LogP contribution is -2.53. The van der Waals surface area contributed by atoms with Crippen LogP contribution in [-0.4, -0.2) is 42.1 Å². The first-order valence-electron chi connectivity index (χ1n) is 7.83. The lowest BCUT2D eigenvalue weighted by molar-refractivity contribution is -0.218. The minimum atomic E-state index is -0.901. The molecular weight excluding hydrogens is 296 g/mol. The van der Waals surface area contributed by atoms with Crippen molar-refractivity contribution < 1.29 is 24.1 Å². The molecule has 23 heavy (non-hydrogen) atoms. The van der Waals surface area contributed by atoms with E-state index in [2.05, 4.69) is 0 Å². The predicted octanol–water partition coefficient (Wildman–Crippen LogP) is 2.46. The Labute approximate surface area is 134 Å². The van der Waals surface area contributed by atoms with Crippen LogP contribution < -0.4 is 4.74 Å². The maximum Gasteiger partial charge on any atom is 0.228 e. The Balaban J connectivity index is 1.52. The molecule has 2 aromatic rings. The molecule has 122 valence electrons. The number of rotatable bonds is 2. The van der Waals surface area contributed by atoms with E-state index in [9.17, 15) is 5.11 Å². The lowest BCUT2D eigenvalue weighted by atomic mass is 10.1. The molecule has 0 spiro atoms. The number of aliphatic hydroxyl groups is 1. The highest BCUT2D eigenvalue weighted by Gasteiger charge is 2.51. The van der Waals surface area contributed by atoms with E-state index in [1.165, 1.54) is 0 Å². The molecule has 0 aromatic heterocycles. The molecule has 2 fully saturated rings. The minimum absolute atomic E-state index is 0.267. The van der Waals surface area contributed by atoms with Gasteiger partial charge < -0.3 is 24.1 Å². The Morgan fingerprint density at radius 2 is 1.87 bits per heavy atom. The number of benzene rings is 2. The number of hydrogen-bond acceptors (Lipinski definition) is 5. The first-order valence-corrected chi connectivity index (χ1v) is 7.83. The number of hydrogen-bond donors (Lipinski definition) is 1. The summed E-state index contributed by atoms with van der Waals surface area (Å²) in [4.78, 5) is 0. The third-order valence-electron chi connectivity index (χ3n) is 4.23. The summed E-state index contributed by atoms with van der Waals surface area (Å²) in [5, 5.41) is 12.7. The Morgan fingerprint density at radius 3 is 2.70 bits per heavy atom. The van der Waals surface area contributed by atoms with Gasteiger partial charge in [-0.15, -0.1) is 0 Å². The molecule has 0 bridgehead atoms. The lowest BCUT2D eigenvalue weighted by Gasteiger charge is -2.34. The quantitative estimate of drug-likeness (QED) is 0.922. The Hall–Kier alpha value is -1.66. The van der Waals surface area contributed by atoms with Crippen LogP contribution in [0.1, 0.15) is 13.8 Å². The molecule has 0 amide bonds. The second-order valence-electron chi connectivity index (χ2n) is 6.46. The van der Waals surface area contributed by atoms with Gasteiger partial charge in [-0.1, -0.05) is 30.3 Å². The van der Waals surface area contributed by atoms with E-state index < -0.39 is 24.3 Å². The maximum atomic E-state index is 10.5. The van der Waals surface area contributed by atoms with Gasteiger partial charge in [0.25, 0.3) is 0 Å². The second kappa shape index (κ2) is 5.46. The first-order chi connectivity index (χ1) is 11.0. The van der Waals surface area contributed by atoms with E-state index in [-0.39, 0.29) is 6.10 Å². The van der Waals surface area contributed by atoms with Crippen molar-refractivity contribution in [3.63, 3.8) is 0 Å². The number of fused-ring (bicyclic) bond motifs is 2. The van der Waals surface area contributed by atoms with Crippen LogP contribution in [0.4, 0.5) is 0 Å². The van der Waals surface area contributed by atoms with E-state index in [1.54, 1.807) is 0 Å².